The number of nitrogens with one attached hydrogen (secondary N) is 1. The van der Waals surface area contributed by atoms with Gasteiger partial charge in [0.05, 0.1) is 16.5 Å². The number of halogens is 2. The second-order valence-electron chi connectivity index (χ2n) is 8.96. The molecule has 3 aromatic rings. The second-order valence-corrected chi connectivity index (χ2v) is 9.77. The molecule has 0 saturated carbocycles. The number of rotatable bonds is 10. The van der Waals surface area contributed by atoms with E-state index in [4.69, 9.17) is 23.2 Å². The average molecular weight is 511 g/mol. The van der Waals surface area contributed by atoms with E-state index in [-0.39, 0.29) is 24.3 Å². The Hall–Kier alpha value is -2.82. The topological polar surface area (TPSA) is 49.4 Å². The minimum absolute atomic E-state index is 0.00627. The lowest BCUT2D eigenvalue weighted by atomic mass is 10.0. The molecule has 0 bridgehead atoms. The largest absolute Gasteiger partial charge is 0.352 e. The zero-order valence-electron chi connectivity index (χ0n) is 20.4. The van der Waals surface area contributed by atoms with E-state index in [9.17, 15) is 9.59 Å². The van der Waals surface area contributed by atoms with Gasteiger partial charge in [0.25, 0.3) is 0 Å². The molecule has 0 unspecified atom stereocenters. The number of nitrogens with zero attached hydrogens (tertiary/aromatic N) is 1. The van der Waals surface area contributed by atoms with Gasteiger partial charge in [0.15, 0.2) is 0 Å². The summed E-state index contributed by atoms with van der Waals surface area (Å²) in [5.74, 6) is -0.302. The lowest BCUT2D eigenvalue weighted by Gasteiger charge is -2.32. The quantitative estimate of drug-likeness (QED) is 0.343. The van der Waals surface area contributed by atoms with Gasteiger partial charge in [-0.05, 0) is 49.1 Å². The third-order valence-electron chi connectivity index (χ3n) is 6.05. The molecule has 6 heteroatoms. The van der Waals surface area contributed by atoms with Gasteiger partial charge in [0.2, 0.25) is 11.8 Å². The van der Waals surface area contributed by atoms with E-state index in [1.54, 1.807) is 23.1 Å². The number of amides is 2. The van der Waals surface area contributed by atoms with E-state index in [1.807, 2.05) is 75.4 Å². The Kier molecular flexibility index (Phi) is 9.76. The van der Waals surface area contributed by atoms with Crippen molar-refractivity contribution in [1.82, 2.24) is 10.2 Å². The highest BCUT2D eigenvalue weighted by atomic mass is 35.5. The number of carbonyl (C=O) groups excluding carboxylic acids is 2. The fourth-order valence-corrected chi connectivity index (χ4v) is 4.25. The van der Waals surface area contributed by atoms with E-state index >= 15 is 0 Å². The Bertz CT molecular complexity index is 1150. The Morgan fingerprint density at radius 1 is 0.886 bits per heavy atom. The van der Waals surface area contributed by atoms with Crippen LogP contribution in [0.1, 0.15) is 42.5 Å². The first-order valence-electron chi connectivity index (χ1n) is 11.9. The van der Waals surface area contributed by atoms with Crippen molar-refractivity contribution in [2.75, 3.05) is 0 Å². The van der Waals surface area contributed by atoms with Crippen LogP contribution in [0.25, 0.3) is 0 Å². The van der Waals surface area contributed by atoms with Crippen LogP contribution in [0.5, 0.6) is 0 Å². The molecule has 0 saturated heterocycles. The molecule has 0 aromatic heterocycles. The molecule has 4 nitrogen and oxygen atoms in total. The molecule has 0 spiro atoms. The lowest BCUT2D eigenvalue weighted by Crippen LogP contribution is -2.52. The number of hydrogen-bond donors (Lipinski definition) is 1. The third-order valence-corrected chi connectivity index (χ3v) is 6.79. The molecule has 3 aromatic carbocycles. The van der Waals surface area contributed by atoms with Crippen LogP contribution >= 0.6 is 23.2 Å². The van der Waals surface area contributed by atoms with Crippen LogP contribution in [0.4, 0.5) is 0 Å². The van der Waals surface area contributed by atoms with Crippen molar-refractivity contribution in [3.05, 3.63) is 105 Å². The van der Waals surface area contributed by atoms with Crippen molar-refractivity contribution in [2.45, 2.75) is 58.7 Å². The molecule has 0 aliphatic rings. The van der Waals surface area contributed by atoms with Crippen molar-refractivity contribution in [3.63, 3.8) is 0 Å². The first-order chi connectivity index (χ1) is 16.8. The lowest BCUT2D eigenvalue weighted by molar-refractivity contribution is -0.141. The molecule has 0 aliphatic heterocycles. The fourth-order valence-electron chi connectivity index (χ4n) is 3.93. The summed E-state index contributed by atoms with van der Waals surface area (Å²) < 4.78 is 0. The van der Waals surface area contributed by atoms with Crippen molar-refractivity contribution >= 4 is 35.0 Å². The standard InChI is InChI=1S/C29H32Cl2N2O2/c1-4-21(3)32-29(35)27(17-22-10-6-5-7-11-22)33(19-24-12-8-9-20(2)15-24)28(34)18-23-13-14-25(30)26(31)16-23/h5-16,21,27H,4,17-19H2,1-3H3,(H,32,35)/t21-,27-/m0/s1. The van der Waals surface area contributed by atoms with Crippen molar-refractivity contribution < 1.29 is 9.59 Å². The SMILES string of the molecule is CC[C@H](C)NC(=O)[C@H](Cc1ccccc1)N(Cc1cccc(C)c1)C(=O)Cc1ccc(Cl)c(Cl)c1. The maximum absolute atomic E-state index is 13.8. The van der Waals surface area contributed by atoms with E-state index in [0.29, 0.717) is 23.0 Å². The highest BCUT2D eigenvalue weighted by Gasteiger charge is 2.31. The Balaban J connectivity index is 1.98. The van der Waals surface area contributed by atoms with E-state index < -0.39 is 6.04 Å². The first-order valence-corrected chi connectivity index (χ1v) is 12.7. The highest BCUT2D eigenvalue weighted by molar-refractivity contribution is 6.42. The van der Waals surface area contributed by atoms with Crippen LogP contribution in [-0.2, 0) is 29.0 Å². The maximum Gasteiger partial charge on any atom is 0.243 e. The van der Waals surface area contributed by atoms with Gasteiger partial charge in [-0.25, -0.2) is 0 Å². The number of benzene rings is 3. The molecule has 2 amide bonds. The Morgan fingerprint density at radius 2 is 1.60 bits per heavy atom. The smallest absolute Gasteiger partial charge is 0.243 e. The van der Waals surface area contributed by atoms with Crippen molar-refractivity contribution in [1.29, 1.82) is 0 Å². The van der Waals surface area contributed by atoms with Gasteiger partial charge in [0, 0.05) is 19.0 Å². The van der Waals surface area contributed by atoms with Gasteiger partial charge < -0.3 is 10.2 Å². The van der Waals surface area contributed by atoms with Crippen LogP contribution in [0.15, 0.2) is 72.8 Å². The number of carbonyl (C=O) groups is 2. The summed E-state index contributed by atoms with van der Waals surface area (Å²) in [7, 11) is 0. The molecule has 1 N–H and O–H groups in total. The number of hydrogen-bond acceptors (Lipinski definition) is 2. The summed E-state index contributed by atoms with van der Waals surface area (Å²) in [5, 5.41) is 3.93. The van der Waals surface area contributed by atoms with Gasteiger partial charge in [-0.15, -0.1) is 0 Å². The molecular formula is C29H32Cl2N2O2. The molecule has 35 heavy (non-hydrogen) atoms. The molecule has 0 aliphatic carbocycles. The summed E-state index contributed by atoms with van der Waals surface area (Å²) in [6.07, 6.45) is 1.34. The molecule has 2 atom stereocenters. The monoisotopic (exact) mass is 510 g/mol. The van der Waals surface area contributed by atoms with Crippen LogP contribution < -0.4 is 5.32 Å². The van der Waals surface area contributed by atoms with Crippen LogP contribution in [0, 0.1) is 6.92 Å². The molecular weight excluding hydrogens is 479 g/mol. The minimum Gasteiger partial charge on any atom is -0.352 e. The van der Waals surface area contributed by atoms with Gasteiger partial charge in [-0.3, -0.25) is 9.59 Å². The van der Waals surface area contributed by atoms with Gasteiger partial charge >= 0.3 is 0 Å². The Labute approximate surface area is 218 Å². The molecule has 0 heterocycles. The van der Waals surface area contributed by atoms with Crippen LogP contribution in [0.2, 0.25) is 10.0 Å². The van der Waals surface area contributed by atoms with E-state index in [2.05, 4.69) is 5.32 Å². The predicted octanol–water partition coefficient (Wildman–Crippen LogP) is 6.40. The minimum atomic E-state index is -0.665. The number of aryl methyl sites for hydroxylation is 1. The normalized spacial score (nSPS) is 12.6. The zero-order chi connectivity index (χ0) is 25.4. The first kappa shape index (κ1) is 26.8. The summed E-state index contributed by atoms with van der Waals surface area (Å²) in [6.45, 7) is 6.34. The predicted molar refractivity (Wildman–Crippen MR) is 144 cm³/mol. The molecule has 0 fully saturated rings. The summed E-state index contributed by atoms with van der Waals surface area (Å²) in [5.41, 5.74) is 3.82. The van der Waals surface area contributed by atoms with Crippen LogP contribution in [-0.4, -0.2) is 28.8 Å². The summed E-state index contributed by atoms with van der Waals surface area (Å²) >= 11 is 12.3. The average Bonchev–Trinajstić information content (AvgIpc) is 2.84. The zero-order valence-corrected chi connectivity index (χ0v) is 21.9. The van der Waals surface area contributed by atoms with Gasteiger partial charge in [-0.1, -0.05) is 96.4 Å². The summed E-state index contributed by atoms with van der Waals surface area (Å²) in [6, 6.07) is 22.4. The van der Waals surface area contributed by atoms with E-state index in [0.717, 1.165) is 28.7 Å². The van der Waals surface area contributed by atoms with Gasteiger partial charge in [0.1, 0.15) is 6.04 Å². The third kappa shape index (κ3) is 7.84. The maximum atomic E-state index is 13.8. The molecule has 0 radical (unpaired) electrons. The molecule has 184 valence electrons. The van der Waals surface area contributed by atoms with Gasteiger partial charge in [-0.2, -0.15) is 0 Å². The fraction of sp³-hybridized carbons (Fsp3) is 0.310. The molecule has 3 rings (SSSR count). The van der Waals surface area contributed by atoms with Crippen molar-refractivity contribution in [3.8, 4) is 0 Å². The Morgan fingerprint density at radius 3 is 2.26 bits per heavy atom. The van der Waals surface area contributed by atoms with Crippen molar-refractivity contribution in [2.24, 2.45) is 0 Å². The summed E-state index contributed by atoms with van der Waals surface area (Å²) in [4.78, 5) is 29.0. The van der Waals surface area contributed by atoms with Crippen LogP contribution in [0.3, 0.4) is 0 Å². The van der Waals surface area contributed by atoms with E-state index in [1.165, 1.54) is 0 Å². The second kappa shape index (κ2) is 12.8. The highest BCUT2D eigenvalue weighted by Crippen LogP contribution is 2.24.